The van der Waals surface area contributed by atoms with E-state index < -0.39 is 102 Å². The molecule has 0 saturated carbocycles. The van der Waals surface area contributed by atoms with Crippen molar-refractivity contribution in [2.75, 3.05) is 20.1 Å². The number of nitrogens with zero attached hydrogens (tertiary/aromatic N) is 3. The minimum Gasteiger partial charge on any atom is -0.508 e. The lowest BCUT2D eigenvalue weighted by atomic mass is 9.99. The summed E-state index contributed by atoms with van der Waals surface area (Å²) in [6.45, 7) is 3.55. The van der Waals surface area contributed by atoms with E-state index in [1.54, 1.807) is 13.8 Å². The molecule has 1 aliphatic heterocycles. The van der Waals surface area contributed by atoms with E-state index in [9.17, 15) is 53.7 Å². The Balaban J connectivity index is 1.65. The number of benzene rings is 2. The third-order valence-electron chi connectivity index (χ3n) is 11.3. The molecule has 1 aliphatic rings. The van der Waals surface area contributed by atoms with Crippen molar-refractivity contribution in [1.82, 2.24) is 46.8 Å². The number of hydrogen-bond donors (Lipinski definition) is 13. The summed E-state index contributed by atoms with van der Waals surface area (Å²) in [7, 11) is 1.38. The number of aromatic nitrogens is 2. The molecule has 0 radical (unpaired) electrons. The summed E-state index contributed by atoms with van der Waals surface area (Å²) < 4.78 is 0. The van der Waals surface area contributed by atoms with Crippen molar-refractivity contribution in [3.63, 3.8) is 0 Å². The fourth-order valence-corrected chi connectivity index (χ4v) is 7.64. The Kier molecular flexibility index (Phi) is 20.3. The molecule has 7 amide bonds. The second kappa shape index (κ2) is 26.0. The highest BCUT2D eigenvalue weighted by atomic mass is 16.4. The molecule has 374 valence electrons. The second-order valence-corrected chi connectivity index (χ2v) is 17.0. The number of carboxylic acid groups (broad SMARTS) is 1. The van der Waals surface area contributed by atoms with E-state index in [0.717, 1.165) is 0 Å². The van der Waals surface area contributed by atoms with Gasteiger partial charge in [0.05, 0.1) is 18.8 Å². The predicted octanol–water partition coefficient (Wildman–Crippen LogP) is -2.48. The van der Waals surface area contributed by atoms with Crippen LogP contribution in [0.3, 0.4) is 0 Å². The molecule has 7 atom stereocenters. The van der Waals surface area contributed by atoms with Gasteiger partial charge in [-0.15, -0.1) is 0 Å². The topological polar surface area (TPSA) is 392 Å². The second-order valence-electron chi connectivity index (χ2n) is 17.0. The average Bonchev–Trinajstić information content (AvgIpc) is 4.02. The number of aliphatic imine (C=N–C) groups is 1. The molecule has 24 heteroatoms. The van der Waals surface area contributed by atoms with Crippen LogP contribution < -0.4 is 49.1 Å². The van der Waals surface area contributed by atoms with Crippen LogP contribution in [0.25, 0.3) is 0 Å². The molecule has 24 nitrogen and oxygen atoms in total. The zero-order valence-corrected chi connectivity index (χ0v) is 38.6. The number of amides is 7. The van der Waals surface area contributed by atoms with Crippen molar-refractivity contribution in [3.8, 4) is 11.5 Å². The van der Waals surface area contributed by atoms with Crippen LogP contribution in [0.2, 0.25) is 0 Å². The first-order valence-corrected chi connectivity index (χ1v) is 22.3. The number of hydrogen-bond acceptors (Lipinski definition) is 13. The maximum absolute atomic E-state index is 14.6. The molecule has 2 aromatic carbocycles. The van der Waals surface area contributed by atoms with E-state index in [-0.39, 0.29) is 62.7 Å². The van der Waals surface area contributed by atoms with Crippen molar-refractivity contribution in [2.24, 2.45) is 28.1 Å². The Morgan fingerprint density at radius 1 is 0.739 bits per heavy atom. The number of nitrogens with one attached hydrogen (secondary N) is 7. The zero-order chi connectivity index (χ0) is 50.8. The highest BCUT2D eigenvalue weighted by molar-refractivity contribution is 5.98. The van der Waals surface area contributed by atoms with Gasteiger partial charge in [0.2, 0.25) is 41.4 Å². The third-order valence-corrected chi connectivity index (χ3v) is 11.3. The maximum atomic E-state index is 14.6. The lowest BCUT2D eigenvalue weighted by Crippen LogP contribution is -2.61. The maximum Gasteiger partial charge on any atom is 0.305 e. The van der Waals surface area contributed by atoms with Gasteiger partial charge in [0.15, 0.2) is 5.96 Å². The van der Waals surface area contributed by atoms with Crippen LogP contribution in [-0.2, 0) is 57.6 Å². The number of likely N-dealkylation sites (tertiary alicyclic amines) is 1. The molecule has 0 bridgehead atoms. The molecule has 0 aliphatic carbocycles. The van der Waals surface area contributed by atoms with Gasteiger partial charge in [-0.2, -0.15) is 0 Å². The van der Waals surface area contributed by atoms with E-state index in [1.165, 1.54) is 73.0 Å². The van der Waals surface area contributed by atoms with Gasteiger partial charge in [0.1, 0.15) is 47.8 Å². The van der Waals surface area contributed by atoms with Crippen LogP contribution in [-0.4, -0.2) is 146 Å². The summed E-state index contributed by atoms with van der Waals surface area (Å²) >= 11 is 0. The minimum absolute atomic E-state index is 0.0290. The zero-order valence-electron chi connectivity index (χ0n) is 38.6. The van der Waals surface area contributed by atoms with E-state index in [2.05, 4.69) is 46.9 Å². The van der Waals surface area contributed by atoms with Crippen LogP contribution in [0.5, 0.6) is 11.5 Å². The Hall–Kier alpha value is -7.76. The molecule has 69 heavy (non-hydrogen) atoms. The van der Waals surface area contributed by atoms with E-state index >= 15 is 0 Å². The molecule has 3 aromatic rings. The number of phenols is 2. The summed E-state index contributed by atoms with van der Waals surface area (Å²) in [5.41, 5.74) is 18.0. The number of imidazole rings is 1. The third kappa shape index (κ3) is 16.8. The first-order valence-electron chi connectivity index (χ1n) is 22.3. The van der Waals surface area contributed by atoms with Crippen molar-refractivity contribution in [3.05, 3.63) is 77.9 Å². The lowest BCUT2D eigenvalue weighted by molar-refractivity contribution is -0.141. The number of aliphatic carboxylic acids is 1. The number of nitrogens with two attached hydrogens (primary N) is 3. The summed E-state index contributed by atoms with van der Waals surface area (Å²) in [5, 5.41) is 45.3. The Bertz CT molecular complexity index is 2270. The van der Waals surface area contributed by atoms with Gasteiger partial charge >= 0.3 is 5.97 Å². The van der Waals surface area contributed by atoms with Gasteiger partial charge in [-0.1, -0.05) is 38.1 Å². The standard InChI is InChI=1S/C45H63N13O11/c1-24(2)37(57-39(64)30(6-4-16-51-45(47)48)53-40(65)31(49-3)21-36(61)62)43(68)55-33(19-26-10-14-29(60)15-11-26)41(66)54-32(18-25-8-12-28(59)13-9-25)42(67)56-34(20-27-22-50-23-52-27)44(69)58-17-5-7-35(58)38(46)63/h8-15,22-24,30-35,37,49,59-60H,4-7,16-21H2,1-3H3,(H2,46,63)(H,50,52)(H,53,65)(H,54,66)(H,55,68)(H,56,67)(H,57,64)(H,61,62)(H4,47,48,51)/t30-,31-,32-,33-,34-,35-,37-/m0/s1. The monoisotopic (exact) mass is 961 g/mol. The molecular weight excluding hydrogens is 899 g/mol. The summed E-state index contributed by atoms with van der Waals surface area (Å²) in [6.07, 6.45) is 2.84. The largest absolute Gasteiger partial charge is 0.508 e. The smallest absolute Gasteiger partial charge is 0.305 e. The molecule has 0 unspecified atom stereocenters. The Morgan fingerprint density at radius 2 is 1.26 bits per heavy atom. The van der Waals surface area contributed by atoms with Crippen LogP contribution in [0, 0.1) is 5.92 Å². The number of guanidine groups is 1. The average molecular weight is 962 g/mol. The molecule has 1 saturated heterocycles. The number of carbonyl (C=O) groups is 8. The number of aromatic hydroxyl groups is 2. The molecule has 0 spiro atoms. The minimum atomic E-state index is -1.44. The molecule has 1 aromatic heterocycles. The molecule has 4 rings (SSSR count). The van der Waals surface area contributed by atoms with Crippen LogP contribution in [0.15, 0.2) is 66.0 Å². The van der Waals surface area contributed by atoms with E-state index in [4.69, 9.17) is 17.2 Å². The van der Waals surface area contributed by atoms with Crippen LogP contribution >= 0.6 is 0 Å². The molecular formula is C45H63N13O11. The SMILES string of the molecule is CN[C@@H](CC(=O)O)C(=O)N[C@@H](CCCN=C(N)N)C(=O)N[C@H](C(=O)N[C@@H](Cc1ccc(O)cc1)C(=O)N[C@@H](Cc1ccc(O)cc1)C(=O)N[C@@H](Cc1cnc[nH]1)C(=O)N1CCC[C@H]1C(N)=O)C(C)C. The van der Waals surface area contributed by atoms with Gasteiger partial charge in [0, 0.05) is 44.2 Å². The normalized spacial score (nSPS) is 15.9. The Morgan fingerprint density at radius 3 is 1.75 bits per heavy atom. The van der Waals surface area contributed by atoms with Crippen molar-refractivity contribution >= 4 is 53.3 Å². The quantitative estimate of drug-likeness (QED) is 0.0225. The van der Waals surface area contributed by atoms with Crippen LogP contribution in [0.1, 0.15) is 62.8 Å². The lowest BCUT2D eigenvalue weighted by Gasteiger charge is -2.30. The highest BCUT2D eigenvalue weighted by Crippen LogP contribution is 2.20. The van der Waals surface area contributed by atoms with Crippen molar-refractivity contribution in [2.45, 2.75) is 108 Å². The first-order chi connectivity index (χ1) is 32.8. The number of likely N-dealkylation sites (N-methyl/N-ethyl adjacent to an activating group) is 1. The number of carboxylic acids is 1. The number of primary amides is 1. The van der Waals surface area contributed by atoms with Gasteiger partial charge < -0.3 is 74.3 Å². The fraction of sp³-hybridized carbons (Fsp3) is 0.467. The molecule has 2 heterocycles. The van der Waals surface area contributed by atoms with Gasteiger partial charge in [-0.25, -0.2) is 4.98 Å². The fourth-order valence-electron chi connectivity index (χ4n) is 7.64. The van der Waals surface area contributed by atoms with Crippen LogP contribution in [0.4, 0.5) is 0 Å². The number of H-pyrrole nitrogens is 1. The number of aromatic amines is 1. The first kappa shape index (κ1) is 53.9. The number of carbonyl (C=O) groups excluding carboxylic acids is 7. The highest BCUT2D eigenvalue weighted by Gasteiger charge is 2.39. The summed E-state index contributed by atoms with van der Waals surface area (Å²) in [6, 6.07) is 2.77. The summed E-state index contributed by atoms with van der Waals surface area (Å²) in [5.74, 6) is -7.65. The van der Waals surface area contributed by atoms with Gasteiger partial charge in [-0.05, 0) is 74.0 Å². The van der Waals surface area contributed by atoms with E-state index in [1.807, 2.05) is 0 Å². The molecule has 1 fully saturated rings. The van der Waals surface area contributed by atoms with E-state index in [0.29, 0.717) is 29.7 Å². The number of rotatable bonds is 26. The molecule has 16 N–H and O–H groups in total. The van der Waals surface area contributed by atoms with Crippen molar-refractivity contribution in [1.29, 1.82) is 0 Å². The van der Waals surface area contributed by atoms with Gasteiger partial charge in [-0.3, -0.25) is 43.3 Å². The summed E-state index contributed by atoms with van der Waals surface area (Å²) in [4.78, 5) is 120. The van der Waals surface area contributed by atoms with Gasteiger partial charge in [0.25, 0.3) is 0 Å². The van der Waals surface area contributed by atoms with Crippen molar-refractivity contribution < 1.29 is 53.7 Å². The predicted molar refractivity (Wildman–Crippen MR) is 249 cm³/mol. The Labute approximate surface area is 398 Å². The number of phenolic OH excluding ortho intramolecular Hbond substituents is 2.